The highest BCUT2D eigenvalue weighted by Crippen LogP contribution is 2.38. The Labute approximate surface area is 199 Å². The average Bonchev–Trinajstić information content (AvgIpc) is 2.83. The predicted molar refractivity (Wildman–Crippen MR) is 127 cm³/mol. The highest BCUT2D eigenvalue weighted by atomic mass is 16.5. The highest BCUT2D eigenvalue weighted by Gasteiger charge is 2.46. The van der Waals surface area contributed by atoms with Gasteiger partial charge in [-0.25, -0.2) is 0 Å². The number of hydrogen-bond donors (Lipinski definition) is 3. The van der Waals surface area contributed by atoms with E-state index >= 15 is 0 Å². The molecule has 7 atom stereocenters. The first kappa shape index (κ1) is 25.4. The first-order valence-electron chi connectivity index (χ1n) is 13.6. The van der Waals surface area contributed by atoms with Gasteiger partial charge in [0.25, 0.3) is 0 Å². The number of aliphatic hydroxyl groups is 2. The van der Waals surface area contributed by atoms with E-state index in [1.54, 1.807) is 7.11 Å². The summed E-state index contributed by atoms with van der Waals surface area (Å²) in [6.07, 6.45) is 9.75. The molecular weight excluding hydrogens is 420 g/mol. The molecule has 0 aromatic carbocycles. The van der Waals surface area contributed by atoms with Gasteiger partial charge in [0, 0.05) is 52.2 Å². The minimum absolute atomic E-state index is 0.0303. The zero-order valence-corrected chi connectivity index (χ0v) is 20.5. The first-order valence-corrected chi connectivity index (χ1v) is 13.6. The van der Waals surface area contributed by atoms with Crippen LogP contribution in [0.4, 0.5) is 0 Å². The molecule has 0 aromatic heterocycles. The van der Waals surface area contributed by atoms with E-state index < -0.39 is 24.2 Å². The second-order valence-corrected chi connectivity index (χ2v) is 11.1. The van der Waals surface area contributed by atoms with Gasteiger partial charge >= 0.3 is 0 Å². The van der Waals surface area contributed by atoms with E-state index in [0.29, 0.717) is 43.4 Å². The summed E-state index contributed by atoms with van der Waals surface area (Å²) in [5, 5.41) is 24.8. The lowest BCUT2D eigenvalue weighted by Crippen LogP contribution is -2.58. The molecule has 4 rings (SSSR count). The molecule has 3 aliphatic carbocycles. The summed E-state index contributed by atoms with van der Waals surface area (Å²) in [6.45, 7) is 3.72. The summed E-state index contributed by atoms with van der Waals surface area (Å²) in [5.74, 6) is 1.14. The van der Waals surface area contributed by atoms with Gasteiger partial charge in [0.15, 0.2) is 0 Å². The molecule has 0 aromatic rings. The van der Waals surface area contributed by atoms with E-state index in [-0.39, 0.29) is 12.3 Å². The Morgan fingerprint density at radius 2 is 1.85 bits per heavy atom. The molecular formula is C26H46N2O5. The molecule has 7 unspecified atom stereocenters. The van der Waals surface area contributed by atoms with E-state index in [9.17, 15) is 15.0 Å². The van der Waals surface area contributed by atoms with Gasteiger partial charge in [0.2, 0.25) is 5.91 Å². The van der Waals surface area contributed by atoms with Crippen LogP contribution in [-0.4, -0.2) is 85.3 Å². The van der Waals surface area contributed by atoms with Crippen LogP contribution in [-0.2, 0) is 14.3 Å². The van der Waals surface area contributed by atoms with E-state index in [1.165, 1.54) is 44.9 Å². The van der Waals surface area contributed by atoms with Crippen molar-refractivity contribution in [1.29, 1.82) is 0 Å². The van der Waals surface area contributed by atoms with Crippen molar-refractivity contribution < 1.29 is 24.5 Å². The van der Waals surface area contributed by atoms with Gasteiger partial charge in [-0.3, -0.25) is 4.79 Å². The Bertz CT molecular complexity index is 613. The Morgan fingerprint density at radius 1 is 1.03 bits per heavy atom. The second kappa shape index (κ2) is 12.3. The van der Waals surface area contributed by atoms with Crippen molar-refractivity contribution in [1.82, 2.24) is 10.2 Å². The van der Waals surface area contributed by atoms with Crippen LogP contribution in [0.15, 0.2) is 0 Å². The van der Waals surface area contributed by atoms with Crippen molar-refractivity contribution in [3.63, 3.8) is 0 Å². The number of fused-ring (bicyclic) bond motifs is 1. The number of likely N-dealkylation sites (tertiary alicyclic amines) is 1. The summed E-state index contributed by atoms with van der Waals surface area (Å²) < 4.78 is 11.5. The molecule has 3 N–H and O–H groups in total. The number of amides is 1. The molecule has 33 heavy (non-hydrogen) atoms. The van der Waals surface area contributed by atoms with Crippen molar-refractivity contribution in [2.45, 2.75) is 95.0 Å². The van der Waals surface area contributed by atoms with Crippen molar-refractivity contribution in [2.75, 3.05) is 40.0 Å². The lowest BCUT2D eigenvalue weighted by Gasteiger charge is -2.47. The van der Waals surface area contributed by atoms with Gasteiger partial charge in [-0.2, -0.15) is 0 Å². The lowest BCUT2D eigenvalue weighted by atomic mass is 9.71. The smallest absolute Gasteiger partial charge is 0.230 e. The maximum Gasteiger partial charge on any atom is 0.230 e. The molecule has 7 nitrogen and oxygen atoms in total. The van der Waals surface area contributed by atoms with Crippen molar-refractivity contribution >= 4 is 5.91 Å². The molecule has 1 saturated heterocycles. The normalized spacial score (nSPS) is 38.2. The number of carbonyl (C=O) groups excluding carboxylic acids is 1. The number of rotatable bonds is 8. The van der Waals surface area contributed by atoms with Crippen LogP contribution in [0, 0.1) is 23.7 Å². The van der Waals surface area contributed by atoms with Gasteiger partial charge in [-0.05, 0) is 49.9 Å². The van der Waals surface area contributed by atoms with Crippen molar-refractivity contribution in [3.8, 4) is 0 Å². The quantitative estimate of drug-likeness (QED) is 0.476. The van der Waals surface area contributed by atoms with Crippen LogP contribution in [0.1, 0.15) is 70.6 Å². The standard InChI is InChI=1S/C26H46N2O5/c1-32-13-11-27-22-9-5-8-19-10-12-28(16-21(19)22)26(31)25-23(30)14-20(29)15-24(25)33-17-18-6-3-2-4-7-18/h18-25,27,29-30H,2-17H2,1H3. The number of nitrogens with zero attached hydrogens (tertiary/aromatic N) is 1. The number of nitrogens with one attached hydrogen (secondary N) is 1. The number of aliphatic hydroxyl groups excluding tert-OH is 2. The summed E-state index contributed by atoms with van der Waals surface area (Å²) in [6, 6.07) is 0.422. The van der Waals surface area contributed by atoms with Crippen LogP contribution >= 0.6 is 0 Å². The Balaban J connectivity index is 1.39. The number of ether oxygens (including phenoxy) is 2. The van der Waals surface area contributed by atoms with Gasteiger partial charge in [0.1, 0.15) is 0 Å². The minimum Gasteiger partial charge on any atom is -0.393 e. The molecule has 4 aliphatic rings. The van der Waals surface area contributed by atoms with Crippen molar-refractivity contribution in [2.24, 2.45) is 23.7 Å². The maximum atomic E-state index is 13.7. The van der Waals surface area contributed by atoms with Gasteiger partial charge in [-0.1, -0.05) is 25.7 Å². The highest BCUT2D eigenvalue weighted by molar-refractivity contribution is 5.80. The summed E-state index contributed by atoms with van der Waals surface area (Å²) in [5.41, 5.74) is 0. The van der Waals surface area contributed by atoms with E-state index in [2.05, 4.69) is 5.32 Å². The minimum atomic E-state index is -0.836. The summed E-state index contributed by atoms with van der Waals surface area (Å²) in [4.78, 5) is 15.7. The second-order valence-electron chi connectivity index (χ2n) is 11.1. The van der Waals surface area contributed by atoms with Crippen LogP contribution in [0.5, 0.6) is 0 Å². The summed E-state index contributed by atoms with van der Waals surface area (Å²) >= 11 is 0. The zero-order valence-electron chi connectivity index (χ0n) is 20.5. The van der Waals surface area contributed by atoms with Gasteiger partial charge < -0.3 is 29.9 Å². The topological polar surface area (TPSA) is 91.3 Å². The van der Waals surface area contributed by atoms with Crippen molar-refractivity contribution in [3.05, 3.63) is 0 Å². The first-order chi connectivity index (χ1) is 16.1. The molecule has 1 amide bonds. The summed E-state index contributed by atoms with van der Waals surface area (Å²) in [7, 11) is 1.73. The number of methoxy groups -OCH3 is 1. The lowest BCUT2D eigenvalue weighted by molar-refractivity contribution is -0.162. The number of carbonyl (C=O) groups is 1. The molecule has 1 heterocycles. The Kier molecular flexibility index (Phi) is 9.45. The van der Waals surface area contributed by atoms with Gasteiger partial charge in [-0.15, -0.1) is 0 Å². The molecule has 190 valence electrons. The van der Waals surface area contributed by atoms with Gasteiger partial charge in [0.05, 0.1) is 30.8 Å². The van der Waals surface area contributed by atoms with Crippen LogP contribution in [0.3, 0.4) is 0 Å². The zero-order chi connectivity index (χ0) is 23.2. The van der Waals surface area contributed by atoms with E-state index in [0.717, 1.165) is 32.5 Å². The van der Waals surface area contributed by atoms with Crippen LogP contribution in [0.25, 0.3) is 0 Å². The van der Waals surface area contributed by atoms with E-state index in [1.807, 2.05) is 4.90 Å². The van der Waals surface area contributed by atoms with E-state index in [4.69, 9.17) is 9.47 Å². The molecule has 7 heteroatoms. The average molecular weight is 467 g/mol. The third kappa shape index (κ3) is 6.49. The van der Waals surface area contributed by atoms with Crippen LogP contribution < -0.4 is 5.32 Å². The molecule has 3 saturated carbocycles. The van der Waals surface area contributed by atoms with Crippen LogP contribution in [0.2, 0.25) is 0 Å². The number of piperidine rings is 1. The fraction of sp³-hybridized carbons (Fsp3) is 0.962. The fourth-order valence-electron chi connectivity index (χ4n) is 6.96. The largest absolute Gasteiger partial charge is 0.393 e. The Morgan fingerprint density at radius 3 is 2.64 bits per heavy atom. The third-order valence-corrected chi connectivity index (χ3v) is 8.83. The molecule has 1 aliphatic heterocycles. The number of hydrogen-bond acceptors (Lipinski definition) is 6. The fourth-order valence-corrected chi connectivity index (χ4v) is 6.96. The predicted octanol–water partition coefficient (Wildman–Crippen LogP) is 2.34. The molecule has 0 radical (unpaired) electrons. The third-order valence-electron chi connectivity index (χ3n) is 8.83. The molecule has 0 spiro atoms. The monoisotopic (exact) mass is 466 g/mol. The SMILES string of the molecule is COCCNC1CCCC2CCN(C(=O)C3C(O)CC(O)CC3OCC3CCCCC3)CC21. The Hall–Kier alpha value is -0.730. The maximum absolute atomic E-state index is 13.7. The molecule has 4 fully saturated rings. The molecule has 0 bridgehead atoms.